The number of carbonyl (C=O) groups is 1. The number of ether oxygens (including phenoxy) is 1. The standard InChI is InChI=1S/C19H26N2O5S/c1-5-6-10-21(3)18(22)13-27(23,24)12-17-14(2)26-19(20-17)15-8-7-9-16(11-15)25-4/h7-9,11H,5-6,10,12-13H2,1-4H3. The summed E-state index contributed by atoms with van der Waals surface area (Å²) >= 11 is 0. The summed E-state index contributed by atoms with van der Waals surface area (Å²) < 4.78 is 35.7. The monoisotopic (exact) mass is 394 g/mol. The van der Waals surface area contributed by atoms with Crippen molar-refractivity contribution in [3.8, 4) is 17.2 Å². The third kappa shape index (κ3) is 5.82. The molecular weight excluding hydrogens is 368 g/mol. The molecule has 7 nitrogen and oxygen atoms in total. The van der Waals surface area contributed by atoms with E-state index >= 15 is 0 Å². The maximum absolute atomic E-state index is 12.4. The number of rotatable bonds is 9. The van der Waals surface area contributed by atoms with E-state index in [1.807, 2.05) is 6.92 Å². The van der Waals surface area contributed by atoms with Gasteiger partial charge in [0.05, 0.1) is 18.6 Å². The van der Waals surface area contributed by atoms with Crippen LogP contribution in [0.2, 0.25) is 0 Å². The van der Waals surface area contributed by atoms with E-state index in [9.17, 15) is 13.2 Å². The van der Waals surface area contributed by atoms with Gasteiger partial charge in [-0.2, -0.15) is 0 Å². The number of nitrogens with zero attached hydrogens (tertiary/aromatic N) is 2. The Balaban J connectivity index is 2.12. The fraction of sp³-hybridized carbons (Fsp3) is 0.474. The van der Waals surface area contributed by atoms with Crippen molar-refractivity contribution in [3.05, 3.63) is 35.7 Å². The molecule has 0 N–H and O–H groups in total. The number of benzene rings is 1. The molecule has 2 aromatic rings. The lowest BCUT2D eigenvalue weighted by molar-refractivity contribution is -0.127. The van der Waals surface area contributed by atoms with Crippen LogP contribution in [0.3, 0.4) is 0 Å². The van der Waals surface area contributed by atoms with Crippen LogP contribution in [0.1, 0.15) is 31.2 Å². The molecule has 1 amide bonds. The van der Waals surface area contributed by atoms with Crippen molar-refractivity contribution in [2.24, 2.45) is 0 Å². The molecule has 27 heavy (non-hydrogen) atoms. The first kappa shape index (κ1) is 21.0. The van der Waals surface area contributed by atoms with E-state index < -0.39 is 21.5 Å². The van der Waals surface area contributed by atoms with Crippen LogP contribution in [0.4, 0.5) is 0 Å². The van der Waals surface area contributed by atoms with E-state index in [1.54, 1.807) is 45.3 Å². The van der Waals surface area contributed by atoms with Crippen LogP contribution in [0, 0.1) is 6.92 Å². The summed E-state index contributed by atoms with van der Waals surface area (Å²) in [5.41, 5.74) is 1.01. The zero-order valence-corrected chi connectivity index (χ0v) is 17.0. The number of aryl methyl sites for hydroxylation is 1. The third-order valence-corrected chi connectivity index (χ3v) is 5.58. The molecule has 1 aromatic carbocycles. The Kier molecular flexibility index (Phi) is 7.01. The molecule has 0 aliphatic carbocycles. The molecular formula is C19H26N2O5S. The molecule has 1 heterocycles. The summed E-state index contributed by atoms with van der Waals surface area (Å²) in [5, 5.41) is 0. The van der Waals surface area contributed by atoms with Crippen molar-refractivity contribution < 1.29 is 22.4 Å². The molecule has 0 fully saturated rings. The van der Waals surface area contributed by atoms with Gasteiger partial charge < -0.3 is 14.1 Å². The lowest BCUT2D eigenvalue weighted by Gasteiger charge is -2.16. The number of hydrogen-bond donors (Lipinski definition) is 0. The fourth-order valence-electron chi connectivity index (χ4n) is 2.52. The van der Waals surface area contributed by atoms with Gasteiger partial charge in [0.15, 0.2) is 9.84 Å². The Labute approximate surface area is 160 Å². The summed E-state index contributed by atoms with van der Waals surface area (Å²) in [6.07, 6.45) is 1.78. The topological polar surface area (TPSA) is 89.7 Å². The first-order valence-electron chi connectivity index (χ1n) is 8.81. The maximum atomic E-state index is 12.4. The van der Waals surface area contributed by atoms with Crippen molar-refractivity contribution in [1.82, 2.24) is 9.88 Å². The van der Waals surface area contributed by atoms with E-state index in [0.29, 0.717) is 35.2 Å². The molecule has 0 saturated carbocycles. The number of oxazole rings is 1. The van der Waals surface area contributed by atoms with Crippen LogP contribution >= 0.6 is 0 Å². The van der Waals surface area contributed by atoms with Gasteiger partial charge >= 0.3 is 0 Å². The van der Waals surface area contributed by atoms with E-state index in [0.717, 1.165) is 12.8 Å². The Morgan fingerprint density at radius 1 is 1.33 bits per heavy atom. The molecule has 0 bridgehead atoms. The number of methoxy groups -OCH3 is 1. The normalized spacial score (nSPS) is 11.4. The second-order valence-electron chi connectivity index (χ2n) is 6.45. The molecule has 1 aromatic heterocycles. The third-order valence-electron chi connectivity index (χ3n) is 4.18. The van der Waals surface area contributed by atoms with Gasteiger partial charge in [-0.1, -0.05) is 19.4 Å². The minimum Gasteiger partial charge on any atom is -0.497 e. The second kappa shape index (κ2) is 9.03. The molecule has 0 saturated heterocycles. The molecule has 0 aliphatic rings. The quantitative estimate of drug-likeness (QED) is 0.650. The Bertz CT molecular complexity index is 889. The number of amides is 1. The largest absolute Gasteiger partial charge is 0.497 e. The van der Waals surface area contributed by atoms with Gasteiger partial charge in [-0.05, 0) is 31.5 Å². The summed E-state index contributed by atoms with van der Waals surface area (Å²) in [6, 6.07) is 7.16. The van der Waals surface area contributed by atoms with Gasteiger partial charge in [0.2, 0.25) is 11.8 Å². The lowest BCUT2D eigenvalue weighted by Crippen LogP contribution is -2.33. The minimum absolute atomic E-state index is 0.317. The van der Waals surface area contributed by atoms with Gasteiger partial charge in [-0.25, -0.2) is 13.4 Å². The zero-order valence-electron chi connectivity index (χ0n) is 16.2. The highest BCUT2D eigenvalue weighted by Crippen LogP contribution is 2.26. The number of hydrogen-bond acceptors (Lipinski definition) is 6. The van der Waals surface area contributed by atoms with Crippen LogP contribution in [0.5, 0.6) is 5.75 Å². The van der Waals surface area contributed by atoms with Crippen LogP contribution in [-0.4, -0.2) is 50.7 Å². The smallest absolute Gasteiger partial charge is 0.237 e. The molecule has 2 rings (SSSR count). The first-order valence-corrected chi connectivity index (χ1v) is 10.6. The van der Waals surface area contributed by atoms with E-state index in [2.05, 4.69) is 4.98 Å². The van der Waals surface area contributed by atoms with Crippen molar-refractivity contribution in [2.75, 3.05) is 26.5 Å². The molecule has 0 unspecified atom stereocenters. The average molecular weight is 394 g/mol. The van der Waals surface area contributed by atoms with Gasteiger partial charge in [0, 0.05) is 19.2 Å². The molecule has 0 radical (unpaired) electrons. The molecule has 0 spiro atoms. The number of aromatic nitrogens is 1. The number of carbonyl (C=O) groups excluding carboxylic acids is 1. The van der Waals surface area contributed by atoms with Gasteiger partial charge in [-0.3, -0.25) is 4.79 Å². The van der Waals surface area contributed by atoms with Crippen molar-refractivity contribution in [1.29, 1.82) is 0 Å². The Hall–Kier alpha value is -2.35. The molecule has 0 atom stereocenters. The van der Waals surface area contributed by atoms with E-state index in [4.69, 9.17) is 9.15 Å². The highest BCUT2D eigenvalue weighted by Gasteiger charge is 2.23. The summed E-state index contributed by atoms with van der Waals surface area (Å²) in [4.78, 5) is 17.9. The van der Waals surface area contributed by atoms with E-state index in [1.165, 1.54) is 4.90 Å². The summed E-state index contributed by atoms with van der Waals surface area (Å²) in [6.45, 7) is 4.23. The maximum Gasteiger partial charge on any atom is 0.237 e. The zero-order chi connectivity index (χ0) is 20.0. The fourth-order valence-corrected chi connectivity index (χ4v) is 3.90. The first-order chi connectivity index (χ1) is 12.8. The van der Waals surface area contributed by atoms with Gasteiger partial charge in [0.25, 0.3) is 0 Å². The highest BCUT2D eigenvalue weighted by molar-refractivity contribution is 7.91. The van der Waals surface area contributed by atoms with Crippen molar-refractivity contribution in [2.45, 2.75) is 32.4 Å². The van der Waals surface area contributed by atoms with Crippen LogP contribution in [0.15, 0.2) is 28.7 Å². The Morgan fingerprint density at radius 2 is 2.07 bits per heavy atom. The predicted octanol–water partition coefficient (Wildman–Crippen LogP) is 2.83. The number of sulfone groups is 1. The van der Waals surface area contributed by atoms with Crippen LogP contribution in [0.25, 0.3) is 11.5 Å². The molecule has 8 heteroatoms. The second-order valence-corrected chi connectivity index (χ2v) is 8.52. The number of unbranched alkanes of at least 4 members (excludes halogenated alkanes) is 1. The SMILES string of the molecule is CCCCN(C)C(=O)CS(=O)(=O)Cc1nc(-c2cccc(OC)c2)oc1C. The van der Waals surface area contributed by atoms with Crippen LogP contribution < -0.4 is 4.74 Å². The van der Waals surface area contributed by atoms with Gasteiger partial charge in [0.1, 0.15) is 17.3 Å². The van der Waals surface area contributed by atoms with Gasteiger partial charge in [-0.15, -0.1) is 0 Å². The summed E-state index contributed by atoms with van der Waals surface area (Å²) in [5.74, 6) is 0.121. The highest BCUT2D eigenvalue weighted by atomic mass is 32.2. The summed E-state index contributed by atoms with van der Waals surface area (Å²) in [7, 11) is -0.464. The molecule has 148 valence electrons. The lowest BCUT2D eigenvalue weighted by atomic mass is 10.2. The van der Waals surface area contributed by atoms with Crippen molar-refractivity contribution >= 4 is 15.7 Å². The predicted molar refractivity (Wildman–Crippen MR) is 103 cm³/mol. The van der Waals surface area contributed by atoms with Crippen molar-refractivity contribution in [3.63, 3.8) is 0 Å². The Morgan fingerprint density at radius 3 is 2.74 bits per heavy atom. The average Bonchev–Trinajstić information content (AvgIpc) is 2.99. The van der Waals surface area contributed by atoms with E-state index in [-0.39, 0.29) is 5.75 Å². The molecule has 0 aliphatic heterocycles. The van der Waals surface area contributed by atoms with Crippen LogP contribution in [-0.2, 0) is 20.4 Å². The minimum atomic E-state index is -3.65.